The van der Waals surface area contributed by atoms with Crippen LogP contribution in [0.15, 0.2) is 24.3 Å². The lowest BCUT2D eigenvalue weighted by molar-refractivity contribution is -0.117. The highest BCUT2D eigenvalue weighted by atomic mass is 16.5. The van der Waals surface area contributed by atoms with Crippen molar-refractivity contribution < 1.29 is 14.3 Å². The lowest BCUT2D eigenvalue weighted by atomic mass is 9.91. The Bertz CT molecular complexity index is 503. The predicted molar refractivity (Wildman–Crippen MR) is 75.9 cm³/mol. The molecular weight excluding hydrogens is 254 g/mol. The Hall–Kier alpha value is -1.68. The van der Waals surface area contributed by atoms with Crippen molar-refractivity contribution in [2.45, 2.75) is 25.7 Å². The second-order valence-electron chi connectivity index (χ2n) is 5.45. The molecule has 0 spiro atoms. The van der Waals surface area contributed by atoms with Crippen molar-refractivity contribution in [2.75, 3.05) is 24.7 Å². The number of amides is 1. The molecule has 20 heavy (non-hydrogen) atoms. The zero-order valence-electron chi connectivity index (χ0n) is 11.5. The Morgan fingerprint density at radius 1 is 1.15 bits per heavy atom. The summed E-state index contributed by atoms with van der Waals surface area (Å²) in [6, 6.07) is 7.46. The Morgan fingerprint density at radius 3 is 2.45 bits per heavy atom. The van der Waals surface area contributed by atoms with E-state index in [2.05, 4.69) is 0 Å². The van der Waals surface area contributed by atoms with Gasteiger partial charge in [-0.15, -0.1) is 0 Å². The minimum absolute atomic E-state index is 0.0861. The summed E-state index contributed by atoms with van der Waals surface area (Å²) in [6.07, 6.45) is 3.17. The largest absolute Gasteiger partial charge is 0.381 e. The third kappa shape index (κ3) is 2.61. The van der Waals surface area contributed by atoms with Gasteiger partial charge in [-0.05, 0) is 43.5 Å². The second-order valence-corrected chi connectivity index (χ2v) is 5.45. The summed E-state index contributed by atoms with van der Waals surface area (Å²) in [5.41, 5.74) is 1.64. The van der Waals surface area contributed by atoms with E-state index < -0.39 is 0 Å². The van der Waals surface area contributed by atoms with Crippen molar-refractivity contribution in [3.63, 3.8) is 0 Å². The van der Waals surface area contributed by atoms with Crippen LogP contribution < -0.4 is 4.90 Å². The van der Waals surface area contributed by atoms with Crippen LogP contribution in [0.2, 0.25) is 0 Å². The number of hydrogen-bond donors (Lipinski definition) is 0. The van der Waals surface area contributed by atoms with Gasteiger partial charge < -0.3 is 9.64 Å². The molecule has 4 nitrogen and oxygen atoms in total. The first-order chi connectivity index (χ1) is 9.75. The summed E-state index contributed by atoms with van der Waals surface area (Å²) in [5.74, 6) is 0.462. The number of carbonyl (C=O) groups is 2. The van der Waals surface area contributed by atoms with Gasteiger partial charge in [0, 0.05) is 43.3 Å². The molecule has 0 bridgehead atoms. The van der Waals surface area contributed by atoms with E-state index in [1.807, 2.05) is 24.3 Å². The highest BCUT2D eigenvalue weighted by Crippen LogP contribution is 2.24. The minimum Gasteiger partial charge on any atom is -0.381 e. The van der Waals surface area contributed by atoms with Gasteiger partial charge in [0.2, 0.25) is 5.91 Å². The Labute approximate surface area is 118 Å². The van der Waals surface area contributed by atoms with Gasteiger partial charge in [-0.25, -0.2) is 0 Å². The lowest BCUT2D eigenvalue weighted by Gasteiger charge is -2.21. The van der Waals surface area contributed by atoms with Crippen molar-refractivity contribution in [1.29, 1.82) is 0 Å². The number of nitrogens with zero attached hydrogens (tertiary/aromatic N) is 1. The molecule has 1 amide bonds. The Balaban J connectivity index is 1.72. The first-order valence-corrected chi connectivity index (χ1v) is 7.28. The molecule has 0 unspecified atom stereocenters. The van der Waals surface area contributed by atoms with E-state index in [0.717, 1.165) is 37.1 Å². The van der Waals surface area contributed by atoms with E-state index in [1.165, 1.54) is 0 Å². The van der Waals surface area contributed by atoms with Crippen molar-refractivity contribution in [3.05, 3.63) is 29.8 Å². The van der Waals surface area contributed by atoms with Gasteiger partial charge in [0.05, 0.1) is 0 Å². The molecule has 2 fully saturated rings. The normalized spacial score (nSPS) is 20.4. The fraction of sp³-hybridized carbons (Fsp3) is 0.500. The molecule has 2 aliphatic rings. The fourth-order valence-electron chi connectivity index (χ4n) is 2.92. The molecule has 1 aromatic carbocycles. The van der Waals surface area contributed by atoms with Crippen molar-refractivity contribution in [1.82, 2.24) is 0 Å². The van der Waals surface area contributed by atoms with Crippen LogP contribution in [0.3, 0.4) is 0 Å². The van der Waals surface area contributed by atoms with Crippen molar-refractivity contribution in [3.8, 4) is 0 Å². The molecule has 2 aliphatic heterocycles. The van der Waals surface area contributed by atoms with Gasteiger partial charge in [-0.3, -0.25) is 9.59 Å². The van der Waals surface area contributed by atoms with Gasteiger partial charge in [-0.2, -0.15) is 0 Å². The number of ether oxygens (including phenoxy) is 1. The van der Waals surface area contributed by atoms with Crippen LogP contribution in [0.4, 0.5) is 5.69 Å². The summed E-state index contributed by atoms with van der Waals surface area (Å²) >= 11 is 0. The first-order valence-electron chi connectivity index (χ1n) is 7.28. The summed E-state index contributed by atoms with van der Waals surface area (Å²) < 4.78 is 5.29. The highest BCUT2D eigenvalue weighted by Gasteiger charge is 2.24. The van der Waals surface area contributed by atoms with E-state index in [9.17, 15) is 9.59 Å². The van der Waals surface area contributed by atoms with E-state index in [-0.39, 0.29) is 17.6 Å². The molecular formula is C16H19NO3. The quantitative estimate of drug-likeness (QED) is 0.795. The van der Waals surface area contributed by atoms with E-state index >= 15 is 0 Å². The number of rotatable bonds is 3. The second kappa shape index (κ2) is 5.75. The van der Waals surface area contributed by atoms with Crippen molar-refractivity contribution in [2.24, 2.45) is 5.92 Å². The van der Waals surface area contributed by atoms with Gasteiger partial charge in [-0.1, -0.05) is 0 Å². The van der Waals surface area contributed by atoms with Gasteiger partial charge in [0.1, 0.15) is 0 Å². The van der Waals surface area contributed by atoms with Gasteiger partial charge in [0.25, 0.3) is 0 Å². The number of anilines is 1. The number of Topliss-reactive ketones (excluding diaryl/α,β-unsaturated/α-hetero) is 1. The summed E-state index contributed by atoms with van der Waals surface area (Å²) in [5, 5.41) is 0. The maximum Gasteiger partial charge on any atom is 0.227 e. The summed E-state index contributed by atoms with van der Waals surface area (Å²) in [6.45, 7) is 2.14. The first kappa shape index (κ1) is 13.3. The number of carbonyl (C=O) groups excluding carboxylic acids is 2. The third-order valence-electron chi connectivity index (χ3n) is 4.13. The van der Waals surface area contributed by atoms with Gasteiger partial charge >= 0.3 is 0 Å². The Kier molecular flexibility index (Phi) is 3.83. The summed E-state index contributed by atoms with van der Waals surface area (Å²) in [7, 11) is 0. The molecule has 4 heteroatoms. The highest BCUT2D eigenvalue weighted by molar-refractivity contribution is 5.99. The summed E-state index contributed by atoms with van der Waals surface area (Å²) in [4.78, 5) is 25.8. The molecule has 0 aliphatic carbocycles. The van der Waals surface area contributed by atoms with Crippen LogP contribution in [0.1, 0.15) is 36.0 Å². The SMILES string of the molecule is O=C(c1ccc(N2CCCC2=O)cc1)C1CCOCC1. The van der Waals surface area contributed by atoms with Crippen LogP contribution >= 0.6 is 0 Å². The molecule has 2 heterocycles. The standard InChI is InChI=1S/C16H19NO3/c18-15-2-1-9-17(15)14-5-3-12(4-6-14)16(19)13-7-10-20-11-8-13/h3-6,13H,1-2,7-11H2. The van der Waals surface area contributed by atoms with E-state index in [4.69, 9.17) is 4.74 Å². The molecule has 0 radical (unpaired) electrons. The fourth-order valence-corrected chi connectivity index (χ4v) is 2.92. The van der Waals surface area contributed by atoms with Crippen LogP contribution in [0.25, 0.3) is 0 Å². The molecule has 0 saturated carbocycles. The van der Waals surface area contributed by atoms with Crippen LogP contribution in [-0.4, -0.2) is 31.4 Å². The maximum atomic E-state index is 12.4. The lowest BCUT2D eigenvalue weighted by Crippen LogP contribution is -2.25. The van der Waals surface area contributed by atoms with Crippen LogP contribution in [0.5, 0.6) is 0 Å². The molecule has 3 rings (SSSR count). The van der Waals surface area contributed by atoms with Crippen molar-refractivity contribution >= 4 is 17.4 Å². The number of ketones is 1. The Morgan fingerprint density at radius 2 is 1.85 bits per heavy atom. The number of hydrogen-bond acceptors (Lipinski definition) is 3. The van der Waals surface area contributed by atoms with E-state index in [1.54, 1.807) is 4.90 Å². The van der Waals surface area contributed by atoms with Crippen LogP contribution in [-0.2, 0) is 9.53 Å². The molecule has 106 valence electrons. The number of benzene rings is 1. The topological polar surface area (TPSA) is 46.6 Å². The maximum absolute atomic E-state index is 12.4. The zero-order valence-corrected chi connectivity index (χ0v) is 11.5. The molecule has 2 saturated heterocycles. The molecule has 1 aromatic rings. The smallest absolute Gasteiger partial charge is 0.227 e. The molecule has 0 N–H and O–H groups in total. The molecule has 0 aromatic heterocycles. The molecule has 0 atom stereocenters. The monoisotopic (exact) mass is 273 g/mol. The zero-order chi connectivity index (χ0) is 13.9. The average Bonchev–Trinajstić information content (AvgIpc) is 2.94. The predicted octanol–water partition coefficient (Wildman–Crippen LogP) is 2.42. The third-order valence-corrected chi connectivity index (χ3v) is 4.13. The van der Waals surface area contributed by atoms with E-state index in [0.29, 0.717) is 19.6 Å². The van der Waals surface area contributed by atoms with Crippen LogP contribution in [0, 0.1) is 5.92 Å². The minimum atomic E-state index is 0.0861. The average molecular weight is 273 g/mol. The van der Waals surface area contributed by atoms with Gasteiger partial charge in [0.15, 0.2) is 5.78 Å².